The molecule has 1 saturated carbocycles. The van der Waals surface area contributed by atoms with E-state index in [4.69, 9.17) is 11.6 Å². The molecule has 2 aliphatic heterocycles. The third-order valence-corrected chi connectivity index (χ3v) is 10.7. The summed E-state index contributed by atoms with van der Waals surface area (Å²) < 4.78 is 26.7. The van der Waals surface area contributed by atoms with Crippen LogP contribution >= 0.6 is 11.6 Å². The van der Waals surface area contributed by atoms with E-state index >= 15 is 0 Å². The molecule has 0 bridgehead atoms. The molecule has 2 fully saturated rings. The van der Waals surface area contributed by atoms with Crippen LogP contribution in [0.25, 0.3) is 0 Å². The Bertz CT molecular complexity index is 1440. The minimum Gasteiger partial charge on any atom is -0.343 e. The van der Waals surface area contributed by atoms with E-state index in [1.807, 2.05) is 29.2 Å². The number of hydrogen-bond donors (Lipinski definition) is 3. The number of amides is 2. The Morgan fingerprint density at radius 2 is 1.67 bits per heavy atom. The quantitative estimate of drug-likeness (QED) is 0.361. The molecule has 2 amide bonds. The number of halogens is 1. The SMILES string of the molecule is CC1(C)NC(C(=O)NC(Cc2ccc(Cl)cc2)C(=O)N2CCN(C(CNS(C)(=O)=O)C3CCCCC3)CC2)Cc2ccccc21. The number of fused-ring (bicyclic) bond motifs is 1. The van der Waals surface area contributed by atoms with E-state index in [9.17, 15) is 18.0 Å². The fraction of sp³-hybridized carbons (Fsp3) is 0.588. The van der Waals surface area contributed by atoms with Gasteiger partial charge >= 0.3 is 0 Å². The van der Waals surface area contributed by atoms with Gasteiger partial charge in [0.05, 0.1) is 12.3 Å². The molecule has 9 nitrogen and oxygen atoms in total. The summed E-state index contributed by atoms with van der Waals surface area (Å²) in [6.07, 6.45) is 7.88. The van der Waals surface area contributed by atoms with E-state index in [0.29, 0.717) is 56.5 Å². The van der Waals surface area contributed by atoms with Gasteiger partial charge in [-0.1, -0.05) is 67.3 Å². The van der Waals surface area contributed by atoms with Gasteiger partial charge in [-0.3, -0.25) is 19.8 Å². The Balaban J connectivity index is 1.28. The molecule has 0 spiro atoms. The maximum Gasteiger partial charge on any atom is 0.245 e. The third-order valence-electron chi connectivity index (χ3n) is 9.78. The second kappa shape index (κ2) is 14.5. The van der Waals surface area contributed by atoms with E-state index in [1.54, 1.807) is 12.1 Å². The standard InChI is InChI=1S/C34H48ClN5O4S/c1-34(2)28-12-8-7-11-26(28)22-29(38-34)32(41)37-30(21-24-13-15-27(35)16-14-24)33(42)40-19-17-39(18-20-40)31(23-36-45(3,43)44)25-9-5-4-6-10-25/h7-8,11-16,25,29-31,36,38H,4-6,9-10,17-23H2,1-3H3,(H,37,41). The summed E-state index contributed by atoms with van der Waals surface area (Å²) in [6.45, 7) is 6.91. The first kappa shape index (κ1) is 33.9. The Morgan fingerprint density at radius 1 is 1.00 bits per heavy atom. The first-order valence-electron chi connectivity index (χ1n) is 16.3. The summed E-state index contributed by atoms with van der Waals surface area (Å²) in [4.78, 5) is 32.1. The van der Waals surface area contributed by atoms with Gasteiger partial charge in [0.2, 0.25) is 21.8 Å². The van der Waals surface area contributed by atoms with Crippen LogP contribution in [0.2, 0.25) is 5.02 Å². The number of benzene rings is 2. The summed E-state index contributed by atoms with van der Waals surface area (Å²) in [5, 5.41) is 7.25. The van der Waals surface area contributed by atoms with Crippen LogP contribution in [0.5, 0.6) is 0 Å². The zero-order valence-corrected chi connectivity index (χ0v) is 28.3. The molecule has 3 N–H and O–H groups in total. The van der Waals surface area contributed by atoms with E-state index in [1.165, 1.54) is 31.1 Å². The number of nitrogens with one attached hydrogen (secondary N) is 3. The minimum atomic E-state index is -3.30. The number of carbonyl (C=O) groups is 2. The lowest BCUT2D eigenvalue weighted by Gasteiger charge is -2.44. The van der Waals surface area contributed by atoms with Crippen LogP contribution in [-0.4, -0.2) is 87.1 Å². The Hall–Kier alpha value is -2.50. The van der Waals surface area contributed by atoms with Gasteiger partial charge in [0.15, 0.2) is 0 Å². The molecular weight excluding hydrogens is 610 g/mol. The molecule has 1 aliphatic carbocycles. The van der Waals surface area contributed by atoms with Gasteiger partial charge in [-0.25, -0.2) is 13.1 Å². The maximum atomic E-state index is 14.1. The van der Waals surface area contributed by atoms with E-state index in [-0.39, 0.29) is 23.4 Å². The highest BCUT2D eigenvalue weighted by Gasteiger charge is 2.38. The van der Waals surface area contributed by atoms with Gasteiger partial charge in [0, 0.05) is 55.7 Å². The molecule has 0 aromatic heterocycles. The van der Waals surface area contributed by atoms with Gasteiger partial charge in [-0.15, -0.1) is 0 Å². The highest BCUT2D eigenvalue weighted by atomic mass is 35.5. The molecule has 3 unspecified atom stereocenters. The molecule has 11 heteroatoms. The van der Waals surface area contributed by atoms with Crippen molar-refractivity contribution in [1.29, 1.82) is 0 Å². The molecule has 45 heavy (non-hydrogen) atoms. The average molecular weight is 658 g/mol. The van der Waals surface area contributed by atoms with Gasteiger partial charge in [0.25, 0.3) is 0 Å². The van der Waals surface area contributed by atoms with Crippen molar-refractivity contribution < 1.29 is 18.0 Å². The maximum absolute atomic E-state index is 14.1. The molecule has 1 saturated heterocycles. The van der Waals surface area contributed by atoms with E-state index in [0.717, 1.165) is 24.0 Å². The molecule has 0 radical (unpaired) electrons. The van der Waals surface area contributed by atoms with Gasteiger partial charge < -0.3 is 10.2 Å². The average Bonchev–Trinajstić information content (AvgIpc) is 3.01. The van der Waals surface area contributed by atoms with Crippen LogP contribution in [0, 0.1) is 5.92 Å². The number of sulfonamides is 1. The molecule has 2 aromatic rings. The number of rotatable bonds is 10. The molecule has 246 valence electrons. The fourth-order valence-corrected chi connectivity index (χ4v) is 8.02. The largest absolute Gasteiger partial charge is 0.343 e. The van der Waals surface area contributed by atoms with Crippen molar-refractivity contribution >= 4 is 33.4 Å². The Morgan fingerprint density at radius 3 is 2.33 bits per heavy atom. The van der Waals surface area contributed by atoms with Crippen LogP contribution in [0.15, 0.2) is 48.5 Å². The first-order chi connectivity index (χ1) is 21.4. The topological polar surface area (TPSA) is 111 Å². The van der Waals surface area contributed by atoms with Gasteiger partial charge in [-0.2, -0.15) is 0 Å². The summed E-state index contributed by atoms with van der Waals surface area (Å²) >= 11 is 6.13. The predicted molar refractivity (Wildman–Crippen MR) is 179 cm³/mol. The highest BCUT2D eigenvalue weighted by molar-refractivity contribution is 7.88. The van der Waals surface area contributed by atoms with Gasteiger partial charge in [-0.05, 0) is 67.9 Å². The number of piperazine rings is 1. The van der Waals surface area contributed by atoms with Crippen molar-refractivity contribution in [2.75, 3.05) is 39.0 Å². The smallest absolute Gasteiger partial charge is 0.245 e. The van der Waals surface area contributed by atoms with Gasteiger partial charge in [0.1, 0.15) is 6.04 Å². The molecular formula is C34H48ClN5O4S. The monoisotopic (exact) mass is 657 g/mol. The first-order valence-corrected chi connectivity index (χ1v) is 18.5. The lowest BCUT2D eigenvalue weighted by atomic mass is 9.82. The molecule has 3 aliphatic rings. The highest BCUT2D eigenvalue weighted by Crippen LogP contribution is 2.31. The van der Waals surface area contributed by atoms with Crippen LogP contribution < -0.4 is 15.4 Å². The Labute approximate surface area is 273 Å². The van der Waals surface area contributed by atoms with E-state index in [2.05, 4.69) is 46.2 Å². The van der Waals surface area contributed by atoms with Crippen LogP contribution in [0.3, 0.4) is 0 Å². The van der Waals surface area contributed by atoms with Crippen molar-refractivity contribution in [3.8, 4) is 0 Å². The van der Waals surface area contributed by atoms with Crippen molar-refractivity contribution in [1.82, 2.24) is 25.2 Å². The molecule has 3 atom stereocenters. The number of hydrogen-bond acceptors (Lipinski definition) is 6. The predicted octanol–water partition coefficient (Wildman–Crippen LogP) is 3.46. The molecule has 2 aromatic carbocycles. The van der Waals surface area contributed by atoms with Crippen molar-refractivity contribution in [3.63, 3.8) is 0 Å². The Kier molecular flexibility index (Phi) is 10.9. The zero-order chi connectivity index (χ0) is 32.2. The lowest BCUT2D eigenvalue weighted by molar-refractivity contribution is -0.139. The summed E-state index contributed by atoms with van der Waals surface area (Å²) in [5.74, 6) is 0.147. The van der Waals surface area contributed by atoms with Crippen molar-refractivity contribution in [2.45, 2.75) is 82.5 Å². The summed E-state index contributed by atoms with van der Waals surface area (Å²) in [7, 11) is -3.30. The van der Waals surface area contributed by atoms with Crippen LogP contribution in [0.4, 0.5) is 0 Å². The fourth-order valence-electron chi connectivity index (χ4n) is 7.42. The minimum absolute atomic E-state index is 0.100. The summed E-state index contributed by atoms with van der Waals surface area (Å²) in [5.41, 5.74) is 2.85. The van der Waals surface area contributed by atoms with Crippen molar-refractivity contribution in [2.24, 2.45) is 5.92 Å². The van der Waals surface area contributed by atoms with E-state index < -0.39 is 22.1 Å². The normalized spacial score (nSPS) is 22.3. The van der Waals surface area contributed by atoms with Crippen molar-refractivity contribution in [3.05, 3.63) is 70.2 Å². The number of carbonyl (C=O) groups excluding carboxylic acids is 2. The lowest BCUT2D eigenvalue weighted by Crippen LogP contribution is -2.61. The zero-order valence-electron chi connectivity index (χ0n) is 26.7. The second-order valence-corrected chi connectivity index (χ2v) is 15.8. The number of nitrogens with zero attached hydrogens (tertiary/aromatic N) is 2. The third kappa shape index (κ3) is 8.86. The summed E-state index contributed by atoms with van der Waals surface area (Å²) in [6, 6.07) is 14.5. The molecule has 2 heterocycles. The van der Waals surface area contributed by atoms with Crippen LogP contribution in [0.1, 0.15) is 62.6 Å². The molecule has 5 rings (SSSR count). The van der Waals surface area contributed by atoms with Crippen LogP contribution in [-0.2, 0) is 38.0 Å². The second-order valence-electron chi connectivity index (χ2n) is 13.5.